The van der Waals surface area contributed by atoms with Crippen molar-refractivity contribution < 1.29 is 4.74 Å². The zero-order valence-electron chi connectivity index (χ0n) is 11.4. The molecule has 0 bridgehead atoms. The van der Waals surface area contributed by atoms with Crippen LogP contribution >= 0.6 is 11.6 Å². The van der Waals surface area contributed by atoms with Gasteiger partial charge in [-0.3, -0.25) is 4.98 Å². The predicted molar refractivity (Wildman–Crippen MR) is 85.6 cm³/mol. The molecule has 0 amide bonds. The van der Waals surface area contributed by atoms with E-state index in [0.717, 1.165) is 22.2 Å². The molecule has 0 fully saturated rings. The van der Waals surface area contributed by atoms with Gasteiger partial charge in [-0.1, -0.05) is 29.8 Å². The number of halogens is 1. The van der Waals surface area contributed by atoms with Crippen molar-refractivity contribution in [2.45, 2.75) is 6.10 Å². The Balaban J connectivity index is 1.86. The fourth-order valence-corrected chi connectivity index (χ4v) is 2.34. The third-order valence-electron chi connectivity index (χ3n) is 3.31. The molecule has 0 saturated carbocycles. The smallest absolute Gasteiger partial charge is 0.136 e. The predicted octanol–water partition coefficient (Wildman–Crippen LogP) is 3.97. The van der Waals surface area contributed by atoms with Crippen LogP contribution in [0.2, 0.25) is 5.02 Å². The van der Waals surface area contributed by atoms with E-state index < -0.39 is 0 Å². The van der Waals surface area contributed by atoms with Crippen LogP contribution in [0.1, 0.15) is 11.7 Å². The lowest BCUT2D eigenvalue weighted by atomic mass is 10.1. The summed E-state index contributed by atoms with van der Waals surface area (Å²) in [5, 5.41) is 1.78. The third kappa shape index (κ3) is 3.15. The molecule has 0 spiro atoms. The fraction of sp³-hybridized carbons (Fsp3) is 0.118. The lowest BCUT2D eigenvalue weighted by Gasteiger charge is -2.18. The number of fused-ring (bicyclic) bond motifs is 1. The quantitative estimate of drug-likeness (QED) is 0.793. The zero-order chi connectivity index (χ0) is 14.7. The van der Waals surface area contributed by atoms with Crippen LogP contribution in [0.15, 0.2) is 60.8 Å². The summed E-state index contributed by atoms with van der Waals surface area (Å²) in [5.74, 6) is 0.756. The largest absolute Gasteiger partial charge is 0.484 e. The van der Waals surface area contributed by atoms with E-state index in [9.17, 15) is 0 Å². The Hall–Kier alpha value is -2.10. The molecule has 0 radical (unpaired) electrons. The number of pyridine rings is 1. The molecule has 1 atom stereocenters. The summed E-state index contributed by atoms with van der Waals surface area (Å²) in [6.07, 6.45) is 1.56. The standard InChI is InChI=1S/C17H15ClN2O/c18-14-6-3-13(4-7-14)17(11-19)21-15-8-5-12-2-1-9-20-16(12)10-15/h1-10,17H,11,19H2. The van der Waals surface area contributed by atoms with Crippen molar-refractivity contribution in [2.24, 2.45) is 5.73 Å². The highest BCUT2D eigenvalue weighted by Crippen LogP contribution is 2.25. The van der Waals surface area contributed by atoms with Gasteiger partial charge in [0.1, 0.15) is 11.9 Å². The molecule has 3 nitrogen and oxygen atoms in total. The second-order valence-corrected chi connectivity index (χ2v) is 5.19. The van der Waals surface area contributed by atoms with Crippen molar-refractivity contribution in [1.29, 1.82) is 0 Å². The summed E-state index contributed by atoms with van der Waals surface area (Å²) < 4.78 is 5.99. The van der Waals surface area contributed by atoms with Crippen LogP contribution < -0.4 is 10.5 Å². The molecule has 2 aromatic carbocycles. The van der Waals surface area contributed by atoms with Gasteiger partial charge in [-0.25, -0.2) is 0 Å². The molecule has 4 heteroatoms. The van der Waals surface area contributed by atoms with E-state index in [0.29, 0.717) is 11.6 Å². The SMILES string of the molecule is NCC(Oc1ccc2cccnc2c1)c1ccc(Cl)cc1. The van der Waals surface area contributed by atoms with E-state index in [2.05, 4.69) is 4.98 Å². The van der Waals surface area contributed by atoms with E-state index in [4.69, 9.17) is 22.1 Å². The molecular weight excluding hydrogens is 284 g/mol. The first-order valence-corrected chi connectivity index (χ1v) is 7.11. The van der Waals surface area contributed by atoms with Gasteiger partial charge >= 0.3 is 0 Å². The minimum absolute atomic E-state index is 0.205. The summed E-state index contributed by atoms with van der Waals surface area (Å²) in [7, 11) is 0. The first kappa shape index (κ1) is 13.9. The summed E-state index contributed by atoms with van der Waals surface area (Å²) in [5.41, 5.74) is 7.74. The summed E-state index contributed by atoms with van der Waals surface area (Å²) >= 11 is 5.90. The maximum absolute atomic E-state index is 5.99. The Labute approximate surface area is 128 Å². The van der Waals surface area contributed by atoms with Gasteiger partial charge < -0.3 is 10.5 Å². The van der Waals surface area contributed by atoms with Gasteiger partial charge in [0.25, 0.3) is 0 Å². The maximum atomic E-state index is 5.99. The lowest BCUT2D eigenvalue weighted by molar-refractivity contribution is 0.214. The van der Waals surface area contributed by atoms with Gasteiger partial charge in [0, 0.05) is 29.2 Å². The minimum Gasteiger partial charge on any atom is -0.484 e. The van der Waals surface area contributed by atoms with Gasteiger partial charge in [-0.15, -0.1) is 0 Å². The van der Waals surface area contributed by atoms with Crippen LogP contribution in [-0.2, 0) is 0 Å². The zero-order valence-corrected chi connectivity index (χ0v) is 12.1. The van der Waals surface area contributed by atoms with Gasteiger partial charge in [-0.05, 0) is 35.9 Å². The van der Waals surface area contributed by atoms with E-state index in [1.165, 1.54) is 0 Å². The molecule has 0 saturated heterocycles. The van der Waals surface area contributed by atoms with Crippen molar-refractivity contribution in [1.82, 2.24) is 4.98 Å². The number of ether oxygens (including phenoxy) is 1. The molecule has 106 valence electrons. The summed E-state index contributed by atoms with van der Waals surface area (Å²) in [6.45, 7) is 0.391. The first-order chi connectivity index (χ1) is 10.3. The van der Waals surface area contributed by atoms with Crippen LogP contribution in [0.5, 0.6) is 5.75 Å². The van der Waals surface area contributed by atoms with E-state index in [-0.39, 0.29) is 6.10 Å². The fourth-order valence-electron chi connectivity index (χ4n) is 2.21. The van der Waals surface area contributed by atoms with Gasteiger partial charge in [0.2, 0.25) is 0 Å². The lowest BCUT2D eigenvalue weighted by Crippen LogP contribution is -2.18. The van der Waals surface area contributed by atoms with E-state index in [1.807, 2.05) is 54.6 Å². The Kier molecular flexibility index (Phi) is 4.04. The van der Waals surface area contributed by atoms with Crippen LogP contribution in [-0.4, -0.2) is 11.5 Å². The number of benzene rings is 2. The Morgan fingerprint density at radius 3 is 2.67 bits per heavy atom. The average molecular weight is 299 g/mol. The number of aromatic nitrogens is 1. The van der Waals surface area contributed by atoms with Crippen LogP contribution in [0.3, 0.4) is 0 Å². The monoisotopic (exact) mass is 298 g/mol. The molecule has 1 aromatic heterocycles. The summed E-state index contributed by atoms with van der Waals surface area (Å²) in [4.78, 5) is 4.33. The number of nitrogens with two attached hydrogens (primary N) is 1. The summed E-state index contributed by atoms with van der Waals surface area (Å²) in [6, 6.07) is 17.3. The van der Waals surface area contributed by atoms with Crippen molar-refractivity contribution in [3.8, 4) is 5.75 Å². The van der Waals surface area contributed by atoms with E-state index >= 15 is 0 Å². The van der Waals surface area contributed by atoms with Gasteiger partial charge in [0.05, 0.1) is 5.52 Å². The maximum Gasteiger partial charge on any atom is 0.136 e. The molecule has 3 rings (SSSR count). The number of nitrogens with zero attached hydrogens (tertiary/aromatic N) is 1. The molecule has 0 aliphatic heterocycles. The second kappa shape index (κ2) is 6.12. The third-order valence-corrected chi connectivity index (χ3v) is 3.56. The molecule has 0 aliphatic carbocycles. The second-order valence-electron chi connectivity index (χ2n) is 4.75. The van der Waals surface area contributed by atoms with Crippen LogP contribution in [0, 0.1) is 0 Å². The average Bonchev–Trinajstić information content (AvgIpc) is 2.53. The highest BCUT2D eigenvalue weighted by atomic mass is 35.5. The van der Waals surface area contributed by atoms with Crippen LogP contribution in [0.4, 0.5) is 0 Å². The molecule has 0 aliphatic rings. The molecule has 1 heterocycles. The number of hydrogen-bond acceptors (Lipinski definition) is 3. The normalized spacial score (nSPS) is 12.3. The molecule has 2 N–H and O–H groups in total. The van der Waals surface area contributed by atoms with Gasteiger partial charge in [0.15, 0.2) is 0 Å². The number of rotatable bonds is 4. The highest BCUT2D eigenvalue weighted by Gasteiger charge is 2.11. The first-order valence-electron chi connectivity index (χ1n) is 6.73. The Bertz CT molecular complexity index is 743. The number of hydrogen-bond donors (Lipinski definition) is 1. The Morgan fingerprint density at radius 1 is 1.10 bits per heavy atom. The highest BCUT2D eigenvalue weighted by molar-refractivity contribution is 6.30. The van der Waals surface area contributed by atoms with Crippen molar-refractivity contribution in [3.63, 3.8) is 0 Å². The molecule has 3 aromatic rings. The van der Waals surface area contributed by atoms with Crippen molar-refractivity contribution in [3.05, 3.63) is 71.4 Å². The van der Waals surface area contributed by atoms with Gasteiger partial charge in [-0.2, -0.15) is 0 Å². The minimum atomic E-state index is -0.205. The molecule has 1 unspecified atom stereocenters. The molecular formula is C17H15ClN2O. The van der Waals surface area contributed by atoms with Crippen LogP contribution in [0.25, 0.3) is 10.9 Å². The van der Waals surface area contributed by atoms with Crippen molar-refractivity contribution >= 4 is 22.5 Å². The van der Waals surface area contributed by atoms with Crippen molar-refractivity contribution in [2.75, 3.05) is 6.54 Å². The topological polar surface area (TPSA) is 48.1 Å². The Morgan fingerprint density at radius 2 is 1.90 bits per heavy atom. The van der Waals surface area contributed by atoms with E-state index in [1.54, 1.807) is 6.20 Å². The molecule has 21 heavy (non-hydrogen) atoms.